The van der Waals surface area contributed by atoms with E-state index in [4.69, 9.17) is 5.73 Å². The summed E-state index contributed by atoms with van der Waals surface area (Å²) in [5.74, 6) is -2.37. The molecule has 0 bridgehead atoms. The maximum atomic E-state index is 13.1. The van der Waals surface area contributed by atoms with Crippen molar-refractivity contribution in [2.24, 2.45) is 5.73 Å². The largest absolute Gasteiger partial charge is 0.480 e. The van der Waals surface area contributed by atoms with Gasteiger partial charge in [-0.25, -0.2) is 4.79 Å². The third kappa shape index (κ3) is 7.59. The van der Waals surface area contributed by atoms with Crippen molar-refractivity contribution < 1.29 is 24.6 Å². The average molecular weight is 442 g/mol. The Morgan fingerprint density at radius 3 is 2.40 bits per heavy atom. The number of benzene rings is 1. The van der Waals surface area contributed by atoms with Crippen LogP contribution in [0.15, 0.2) is 30.3 Å². The summed E-state index contributed by atoms with van der Waals surface area (Å²) in [5, 5.41) is 22.0. The number of nitrogens with one attached hydrogen (secondary N) is 1. The minimum atomic E-state index is -1.02. The van der Waals surface area contributed by atoms with Gasteiger partial charge in [0.05, 0.1) is 6.04 Å². The number of carbonyl (C=O) groups is 3. The zero-order valence-electron chi connectivity index (χ0n) is 17.0. The van der Waals surface area contributed by atoms with Crippen molar-refractivity contribution in [1.29, 1.82) is 0 Å². The van der Waals surface area contributed by atoms with Gasteiger partial charge in [0.2, 0.25) is 5.91 Å². The molecular weight excluding hydrogens is 410 g/mol. The summed E-state index contributed by atoms with van der Waals surface area (Å²) in [6.07, 6.45) is 3.76. The number of hydrogen-bond donors (Lipinski definition) is 4. The summed E-state index contributed by atoms with van der Waals surface area (Å²) in [7, 11) is 0. The third-order valence-corrected chi connectivity index (χ3v) is 5.33. The van der Waals surface area contributed by atoms with Crippen LogP contribution >= 0.6 is 12.4 Å². The molecule has 3 atom stereocenters. The number of unbranched alkanes of at least 4 members (excludes halogenated alkanes) is 1. The van der Waals surface area contributed by atoms with Crippen LogP contribution < -0.4 is 11.1 Å². The van der Waals surface area contributed by atoms with Gasteiger partial charge in [-0.3, -0.25) is 14.9 Å². The Labute approximate surface area is 183 Å². The van der Waals surface area contributed by atoms with Crippen molar-refractivity contribution >= 4 is 30.3 Å². The molecule has 0 saturated carbocycles. The number of carboxylic acid groups (broad SMARTS) is 2. The topological polar surface area (TPSA) is 133 Å². The Hall–Kier alpha value is -2.16. The Morgan fingerprint density at radius 2 is 1.80 bits per heavy atom. The summed E-state index contributed by atoms with van der Waals surface area (Å²) in [4.78, 5) is 37.7. The lowest BCUT2D eigenvalue weighted by atomic mass is 10.0. The molecule has 1 saturated heterocycles. The standard InChI is InChI=1S/C21H31N3O5.ClH/c22-13-5-4-9-16(19(25)24-14-6-10-18(24)21(28)29)23-17(20(26)27)12-11-15-7-2-1-3-8-15;/h1-3,7-8,16-18,23H,4-6,9-14,22H2,(H,26,27)(H,28,29);1H/t16-,17?,18-;/m1./s1. The van der Waals surface area contributed by atoms with Crippen LogP contribution in [0.5, 0.6) is 0 Å². The fourth-order valence-electron chi connectivity index (χ4n) is 3.73. The lowest BCUT2D eigenvalue weighted by Gasteiger charge is -2.29. The molecule has 1 unspecified atom stereocenters. The number of amides is 1. The van der Waals surface area contributed by atoms with Crippen LogP contribution in [0.1, 0.15) is 44.1 Å². The number of halogens is 1. The first kappa shape index (κ1) is 25.9. The van der Waals surface area contributed by atoms with Crippen LogP contribution in [-0.2, 0) is 20.8 Å². The van der Waals surface area contributed by atoms with Gasteiger partial charge in [0, 0.05) is 6.54 Å². The molecule has 1 aliphatic heterocycles. The number of aryl methyl sites for hydroxylation is 1. The number of nitrogens with two attached hydrogens (primary N) is 1. The minimum Gasteiger partial charge on any atom is -0.480 e. The maximum absolute atomic E-state index is 13.1. The maximum Gasteiger partial charge on any atom is 0.326 e. The number of nitrogens with zero attached hydrogens (tertiary/aromatic N) is 1. The van der Waals surface area contributed by atoms with Gasteiger partial charge in [0.25, 0.3) is 0 Å². The van der Waals surface area contributed by atoms with Crippen LogP contribution in [0.3, 0.4) is 0 Å². The number of carboxylic acids is 2. The van der Waals surface area contributed by atoms with Gasteiger partial charge in [-0.15, -0.1) is 12.4 Å². The highest BCUT2D eigenvalue weighted by atomic mass is 35.5. The van der Waals surface area contributed by atoms with E-state index in [-0.39, 0.29) is 18.3 Å². The van der Waals surface area contributed by atoms with E-state index in [2.05, 4.69) is 5.32 Å². The van der Waals surface area contributed by atoms with Crippen LogP contribution in [0.4, 0.5) is 0 Å². The molecular formula is C21H32ClN3O5. The Morgan fingerprint density at radius 1 is 1.10 bits per heavy atom. The molecule has 1 heterocycles. The van der Waals surface area contributed by atoms with Crippen molar-refractivity contribution in [3.8, 4) is 0 Å². The highest BCUT2D eigenvalue weighted by Gasteiger charge is 2.38. The highest BCUT2D eigenvalue weighted by Crippen LogP contribution is 2.20. The molecule has 0 radical (unpaired) electrons. The number of carbonyl (C=O) groups excluding carboxylic acids is 1. The van der Waals surface area contributed by atoms with E-state index < -0.39 is 30.1 Å². The first-order valence-electron chi connectivity index (χ1n) is 10.2. The summed E-state index contributed by atoms with van der Waals surface area (Å²) in [6.45, 7) is 0.866. The molecule has 0 spiro atoms. The third-order valence-electron chi connectivity index (χ3n) is 5.33. The lowest BCUT2D eigenvalue weighted by molar-refractivity contribution is -0.149. The smallest absolute Gasteiger partial charge is 0.326 e. The van der Waals surface area contributed by atoms with Gasteiger partial charge in [0.15, 0.2) is 0 Å². The van der Waals surface area contributed by atoms with Crippen molar-refractivity contribution in [2.75, 3.05) is 13.1 Å². The van der Waals surface area contributed by atoms with Gasteiger partial charge < -0.3 is 20.8 Å². The van der Waals surface area contributed by atoms with E-state index in [0.717, 1.165) is 12.0 Å². The van der Waals surface area contributed by atoms with Gasteiger partial charge in [-0.05, 0) is 50.6 Å². The molecule has 1 fully saturated rings. The molecule has 1 aliphatic rings. The van der Waals surface area contributed by atoms with E-state index in [0.29, 0.717) is 51.6 Å². The molecule has 1 aromatic rings. The normalized spacial score (nSPS) is 17.8. The predicted octanol–water partition coefficient (Wildman–Crippen LogP) is 1.66. The monoisotopic (exact) mass is 441 g/mol. The van der Waals surface area contributed by atoms with E-state index >= 15 is 0 Å². The zero-order valence-corrected chi connectivity index (χ0v) is 17.9. The first-order chi connectivity index (χ1) is 13.9. The second kappa shape index (κ2) is 13.2. The average Bonchev–Trinajstić information content (AvgIpc) is 3.20. The van der Waals surface area contributed by atoms with Crippen LogP contribution in [0, 0.1) is 0 Å². The fourth-order valence-corrected chi connectivity index (χ4v) is 3.73. The zero-order chi connectivity index (χ0) is 21.2. The molecule has 5 N–H and O–H groups in total. The Bertz CT molecular complexity index is 688. The molecule has 2 rings (SSSR count). The van der Waals surface area contributed by atoms with E-state index in [1.165, 1.54) is 4.90 Å². The number of rotatable bonds is 12. The predicted molar refractivity (Wildman–Crippen MR) is 116 cm³/mol. The molecule has 8 nitrogen and oxygen atoms in total. The van der Waals surface area contributed by atoms with Gasteiger partial charge in [-0.2, -0.15) is 0 Å². The lowest BCUT2D eigenvalue weighted by Crippen LogP contribution is -2.54. The van der Waals surface area contributed by atoms with Crippen LogP contribution in [0.2, 0.25) is 0 Å². The summed E-state index contributed by atoms with van der Waals surface area (Å²) >= 11 is 0. The molecule has 0 aromatic heterocycles. The van der Waals surface area contributed by atoms with Crippen molar-refractivity contribution in [3.05, 3.63) is 35.9 Å². The Balaban J connectivity index is 0.00000450. The summed E-state index contributed by atoms with van der Waals surface area (Å²) in [6, 6.07) is 7.10. The quantitative estimate of drug-likeness (QED) is 0.362. The second-order valence-corrected chi connectivity index (χ2v) is 7.45. The van der Waals surface area contributed by atoms with E-state index in [1.807, 2.05) is 30.3 Å². The number of hydrogen-bond acceptors (Lipinski definition) is 5. The van der Waals surface area contributed by atoms with Crippen molar-refractivity contribution in [2.45, 2.75) is 63.1 Å². The Kier molecular flexibility index (Phi) is 11.4. The molecule has 168 valence electrons. The molecule has 1 aromatic carbocycles. The fraction of sp³-hybridized carbons (Fsp3) is 0.571. The van der Waals surface area contributed by atoms with E-state index in [1.54, 1.807) is 0 Å². The molecule has 0 aliphatic carbocycles. The SMILES string of the molecule is Cl.NCCCC[C@@H](NC(CCc1ccccc1)C(=O)O)C(=O)N1CCC[C@@H]1C(=O)O. The first-order valence-corrected chi connectivity index (χ1v) is 10.2. The van der Waals surface area contributed by atoms with Crippen LogP contribution in [0.25, 0.3) is 0 Å². The minimum absolute atomic E-state index is 0. The highest BCUT2D eigenvalue weighted by molar-refractivity contribution is 5.88. The molecule has 1 amide bonds. The molecule has 30 heavy (non-hydrogen) atoms. The van der Waals surface area contributed by atoms with Crippen molar-refractivity contribution in [1.82, 2.24) is 10.2 Å². The number of aliphatic carboxylic acids is 2. The number of likely N-dealkylation sites (tertiary alicyclic amines) is 1. The summed E-state index contributed by atoms with van der Waals surface area (Å²) in [5.41, 5.74) is 6.57. The van der Waals surface area contributed by atoms with Crippen molar-refractivity contribution in [3.63, 3.8) is 0 Å². The molecule has 9 heteroatoms. The van der Waals surface area contributed by atoms with Gasteiger partial charge in [-0.1, -0.05) is 36.8 Å². The van der Waals surface area contributed by atoms with E-state index in [9.17, 15) is 24.6 Å². The van der Waals surface area contributed by atoms with Gasteiger partial charge in [0.1, 0.15) is 12.1 Å². The van der Waals surface area contributed by atoms with Gasteiger partial charge >= 0.3 is 11.9 Å². The van der Waals surface area contributed by atoms with Crippen LogP contribution in [-0.4, -0.2) is 64.2 Å². The second-order valence-electron chi connectivity index (χ2n) is 7.45. The summed E-state index contributed by atoms with van der Waals surface area (Å²) < 4.78 is 0.